The molecule has 1 unspecified atom stereocenters. The summed E-state index contributed by atoms with van der Waals surface area (Å²) in [6, 6.07) is 14.5. The number of ether oxygens (including phenoxy) is 1. The highest BCUT2D eigenvalue weighted by molar-refractivity contribution is 6.30. The maximum absolute atomic E-state index is 12.2. The zero-order chi connectivity index (χ0) is 18.5. The molecule has 2 aromatic carbocycles. The van der Waals surface area contributed by atoms with E-state index in [2.05, 4.69) is 16.9 Å². The molecule has 5 nitrogen and oxygen atoms in total. The first kappa shape index (κ1) is 18.0. The Balaban J connectivity index is 1.69. The van der Waals surface area contributed by atoms with Crippen molar-refractivity contribution in [3.8, 4) is 5.75 Å². The molecule has 0 fully saturated rings. The molecule has 1 aromatic heterocycles. The summed E-state index contributed by atoms with van der Waals surface area (Å²) in [4.78, 5) is 16.9. The summed E-state index contributed by atoms with van der Waals surface area (Å²) in [6.07, 6.45) is 1.82. The second kappa shape index (κ2) is 8.06. The van der Waals surface area contributed by atoms with Gasteiger partial charge in [0.1, 0.15) is 11.6 Å². The van der Waals surface area contributed by atoms with Crippen LogP contribution in [0.2, 0.25) is 5.02 Å². The fourth-order valence-electron chi connectivity index (χ4n) is 2.77. The Morgan fingerprint density at radius 2 is 2.04 bits per heavy atom. The summed E-state index contributed by atoms with van der Waals surface area (Å²) in [7, 11) is 0. The second-order valence-corrected chi connectivity index (χ2v) is 6.33. The van der Waals surface area contributed by atoms with Gasteiger partial charge >= 0.3 is 0 Å². The molecule has 0 radical (unpaired) electrons. The quantitative estimate of drug-likeness (QED) is 0.637. The molecule has 3 rings (SSSR count). The Labute approximate surface area is 157 Å². The van der Waals surface area contributed by atoms with E-state index in [0.29, 0.717) is 17.3 Å². The summed E-state index contributed by atoms with van der Waals surface area (Å²) in [6.45, 7) is 6.26. The van der Waals surface area contributed by atoms with Crippen LogP contribution in [0.1, 0.15) is 18.8 Å². The first-order valence-electron chi connectivity index (χ1n) is 8.32. The lowest BCUT2D eigenvalue weighted by atomic mass is 10.3. The number of nitrogens with one attached hydrogen (secondary N) is 1. The van der Waals surface area contributed by atoms with E-state index in [0.717, 1.165) is 16.9 Å². The number of allylic oxidation sites excluding steroid dienone is 1. The second-order valence-electron chi connectivity index (χ2n) is 5.89. The van der Waals surface area contributed by atoms with Crippen LogP contribution in [0, 0.1) is 0 Å². The van der Waals surface area contributed by atoms with Crippen molar-refractivity contribution in [1.29, 1.82) is 0 Å². The largest absolute Gasteiger partial charge is 0.484 e. The van der Waals surface area contributed by atoms with Crippen LogP contribution in [0.15, 0.2) is 61.2 Å². The number of para-hydroxylation sites is 2. The lowest BCUT2D eigenvalue weighted by molar-refractivity contribution is -0.123. The number of benzene rings is 2. The average Bonchev–Trinajstić information content (AvgIpc) is 3.00. The van der Waals surface area contributed by atoms with Gasteiger partial charge in [0, 0.05) is 11.6 Å². The minimum absolute atomic E-state index is 0.0757. The minimum atomic E-state index is -0.260. The Kier molecular flexibility index (Phi) is 5.58. The van der Waals surface area contributed by atoms with Gasteiger partial charge in [-0.3, -0.25) is 4.79 Å². The predicted octanol–water partition coefficient (Wildman–Crippen LogP) is 4.13. The molecule has 0 aliphatic rings. The molecule has 1 atom stereocenters. The number of hydrogen-bond donors (Lipinski definition) is 1. The van der Waals surface area contributed by atoms with Crippen LogP contribution < -0.4 is 10.1 Å². The number of nitrogens with zero attached hydrogens (tertiary/aromatic N) is 2. The zero-order valence-electron chi connectivity index (χ0n) is 14.5. The summed E-state index contributed by atoms with van der Waals surface area (Å²) >= 11 is 5.83. The van der Waals surface area contributed by atoms with E-state index in [9.17, 15) is 4.79 Å². The number of imidazole rings is 1. The van der Waals surface area contributed by atoms with E-state index in [-0.39, 0.29) is 18.6 Å². The fourth-order valence-corrected chi connectivity index (χ4v) is 2.90. The predicted molar refractivity (Wildman–Crippen MR) is 103 cm³/mol. The standard InChI is InChI=1S/C20H20ClN3O2/c1-3-12-24-18-7-5-4-6-17(18)23-20(24)14(2)22-19(25)13-26-16-10-8-15(21)9-11-16/h3-11,14H,1,12-13H2,2H3,(H,22,25). The molecule has 0 bridgehead atoms. The van der Waals surface area contributed by atoms with Crippen LogP contribution in [0.25, 0.3) is 11.0 Å². The number of hydrogen-bond acceptors (Lipinski definition) is 3. The molecule has 1 amide bonds. The maximum atomic E-state index is 12.2. The fraction of sp³-hybridized carbons (Fsp3) is 0.200. The van der Waals surface area contributed by atoms with Gasteiger partial charge in [-0.15, -0.1) is 6.58 Å². The van der Waals surface area contributed by atoms with Crippen LogP contribution in [0.5, 0.6) is 5.75 Å². The third-order valence-electron chi connectivity index (χ3n) is 3.94. The molecule has 1 heterocycles. The Hall–Kier alpha value is -2.79. The van der Waals surface area contributed by atoms with E-state index in [1.165, 1.54) is 0 Å². The molecular weight excluding hydrogens is 350 g/mol. The van der Waals surface area contributed by atoms with Crippen molar-refractivity contribution >= 4 is 28.5 Å². The topological polar surface area (TPSA) is 56.2 Å². The molecule has 6 heteroatoms. The van der Waals surface area contributed by atoms with Gasteiger partial charge in [-0.1, -0.05) is 29.8 Å². The van der Waals surface area contributed by atoms with Crippen LogP contribution in [-0.4, -0.2) is 22.1 Å². The SMILES string of the molecule is C=CCn1c(C(C)NC(=O)COc2ccc(Cl)cc2)nc2ccccc21. The van der Waals surface area contributed by atoms with Crippen molar-refractivity contribution in [3.63, 3.8) is 0 Å². The van der Waals surface area contributed by atoms with E-state index in [1.807, 2.05) is 41.8 Å². The number of carbonyl (C=O) groups excluding carboxylic acids is 1. The molecule has 1 N–H and O–H groups in total. The number of rotatable bonds is 7. The molecule has 0 spiro atoms. The first-order chi connectivity index (χ1) is 12.6. The van der Waals surface area contributed by atoms with E-state index >= 15 is 0 Å². The van der Waals surface area contributed by atoms with Crippen LogP contribution in [-0.2, 0) is 11.3 Å². The maximum Gasteiger partial charge on any atom is 0.258 e. The molecule has 0 saturated carbocycles. The van der Waals surface area contributed by atoms with Gasteiger partial charge in [-0.05, 0) is 43.3 Å². The van der Waals surface area contributed by atoms with Crippen molar-refractivity contribution < 1.29 is 9.53 Å². The van der Waals surface area contributed by atoms with Crippen molar-refractivity contribution in [3.05, 3.63) is 72.0 Å². The van der Waals surface area contributed by atoms with Crippen molar-refractivity contribution in [2.45, 2.75) is 19.5 Å². The van der Waals surface area contributed by atoms with Gasteiger partial charge in [-0.2, -0.15) is 0 Å². The van der Waals surface area contributed by atoms with Crippen LogP contribution >= 0.6 is 11.6 Å². The zero-order valence-corrected chi connectivity index (χ0v) is 15.2. The summed E-state index contributed by atoms with van der Waals surface area (Å²) in [5.41, 5.74) is 1.91. The van der Waals surface area contributed by atoms with E-state index in [4.69, 9.17) is 16.3 Å². The lowest BCUT2D eigenvalue weighted by Crippen LogP contribution is -2.32. The van der Waals surface area contributed by atoms with Crippen molar-refractivity contribution in [1.82, 2.24) is 14.9 Å². The van der Waals surface area contributed by atoms with Gasteiger partial charge in [0.2, 0.25) is 0 Å². The Morgan fingerprint density at radius 1 is 1.31 bits per heavy atom. The molecule has 0 aliphatic carbocycles. The Morgan fingerprint density at radius 3 is 2.77 bits per heavy atom. The summed E-state index contributed by atoms with van der Waals surface area (Å²) < 4.78 is 7.53. The number of aromatic nitrogens is 2. The highest BCUT2D eigenvalue weighted by Crippen LogP contribution is 2.21. The normalized spacial score (nSPS) is 11.9. The highest BCUT2D eigenvalue weighted by atomic mass is 35.5. The average molecular weight is 370 g/mol. The molecule has 0 aliphatic heterocycles. The molecule has 134 valence electrons. The van der Waals surface area contributed by atoms with Crippen LogP contribution in [0.4, 0.5) is 0 Å². The highest BCUT2D eigenvalue weighted by Gasteiger charge is 2.18. The summed E-state index contributed by atoms with van der Waals surface area (Å²) in [5, 5.41) is 3.55. The smallest absolute Gasteiger partial charge is 0.258 e. The van der Waals surface area contributed by atoms with Crippen molar-refractivity contribution in [2.24, 2.45) is 0 Å². The van der Waals surface area contributed by atoms with Gasteiger partial charge in [0.05, 0.1) is 17.1 Å². The van der Waals surface area contributed by atoms with Gasteiger partial charge in [0.15, 0.2) is 6.61 Å². The molecule has 26 heavy (non-hydrogen) atoms. The Bertz CT molecular complexity index is 918. The molecule has 3 aromatic rings. The first-order valence-corrected chi connectivity index (χ1v) is 8.70. The van der Waals surface area contributed by atoms with E-state index in [1.54, 1.807) is 24.3 Å². The number of fused-ring (bicyclic) bond motifs is 1. The van der Waals surface area contributed by atoms with Gasteiger partial charge < -0.3 is 14.6 Å². The lowest BCUT2D eigenvalue weighted by Gasteiger charge is -2.15. The third kappa shape index (κ3) is 4.06. The number of halogens is 1. The summed E-state index contributed by atoms with van der Waals surface area (Å²) in [5.74, 6) is 1.16. The van der Waals surface area contributed by atoms with Crippen LogP contribution in [0.3, 0.4) is 0 Å². The van der Waals surface area contributed by atoms with Crippen molar-refractivity contribution in [2.75, 3.05) is 6.61 Å². The molecule has 0 saturated heterocycles. The third-order valence-corrected chi connectivity index (χ3v) is 4.20. The monoisotopic (exact) mass is 369 g/mol. The number of amides is 1. The number of carbonyl (C=O) groups is 1. The minimum Gasteiger partial charge on any atom is -0.484 e. The molecular formula is C20H20ClN3O2. The van der Waals surface area contributed by atoms with Gasteiger partial charge in [0.25, 0.3) is 5.91 Å². The van der Waals surface area contributed by atoms with Gasteiger partial charge in [-0.25, -0.2) is 4.98 Å². The van der Waals surface area contributed by atoms with E-state index < -0.39 is 0 Å².